The van der Waals surface area contributed by atoms with Gasteiger partial charge in [0, 0.05) is 0 Å². The average molecular weight is 218 g/mol. The predicted octanol–water partition coefficient (Wildman–Crippen LogP) is 2.71. The molecule has 4 nitrogen and oxygen atoms in total. The van der Waals surface area contributed by atoms with E-state index >= 15 is 0 Å². The van der Waals surface area contributed by atoms with Gasteiger partial charge in [0.05, 0.1) is 19.9 Å². The number of hydrogen-bond donors (Lipinski definition) is 0. The van der Waals surface area contributed by atoms with Crippen LogP contribution in [-0.4, -0.2) is 14.2 Å². The second-order valence-electron chi connectivity index (χ2n) is 3.34. The summed E-state index contributed by atoms with van der Waals surface area (Å²) in [7, 11) is 2.96. The minimum Gasteiger partial charge on any atom is -0.733 e. The van der Waals surface area contributed by atoms with Crippen molar-refractivity contribution >= 4 is 16.5 Å². The van der Waals surface area contributed by atoms with Crippen molar-refractivity contribution in [2.75, 3.05) is 19.4 Å². The molecular formula is C12H12NO3-. The topological polar surface area (TPSA) is 44.8 Å². The first-order valence-corrected chi connectivity index (χ1v) is 4.84. The molecule has 0 aliphatic rings. The first-order chi connectivity index (χ1) is 7.74. The van der Waals surface area contributed by atoms with Crippen LogP contribution in [0, 0.1) is 5.21 Å². The van der Waals surface area contributed by atoms with Crippen molar-refractivity contribution in [1.82, 2.24) is 0 Å². The number of ether oxygens (including phenoxy) is 1. The van der Waals surface area contributed by atoms with Crippen LogP contribution in [0.15, 0.2) is 36.4 Å². The van der Waals surface area contributed by atoms with E-state index in [-0.39, 0.29) is 0 Å². The van der Waals surface area contributed by atoms with Gasteiger partial charge in [0.25, 0.3) is 0 Å². The van der Waals surface area contributed by atoms with Crippen molar-refractivity contribution in [2.45, 2.75) is 0 Å². The molecular weight excluding hydrogens is 206 g/mol. The summed E-state index contributed by atoms with van der Waals surface area (Å²) in [5.74, 6) is 0.797. The van der Waals surface area contributed by atoms with Crippen molar-refractivity contribution in [1.29, 1.82) is 0 Å². The van der Waals surface area contributed by atoms with Crippen LogP contribution in [0.1, 0.15) is 0 Å². The second-order valence-corrected chi connectivity index (χ2v) is 3.34. The van der Waals surface area contributed by atoms with Crippen LogP contribution < -0.4 is 9.96 Å². The van der Waals surface area contributed by atoms with Crippen LogP contribution in [0.2, 0.25) is 0 Å². The van der Waals surface area contributed by atoms with Gasteiger partial charge in [-0.1, -0.05) is 12.1 Å². The number of benzene rings is 2. The van der Waals surface area contributed by atoms with E-state index in [1.54, 1.807) is 19.2 Å². The van der Waals surface area contributed by atoms with E-state index in [9.17, 15) is 5.21 Å². The Hall–Kier alpha value is -1.78. The predicted molar refractivity (Wildman–Crippen MR) is 63.4 cm³/mol. The maximum Gasteiger partial charge on any atom is 0.119 e. The number of rotatable bonds is 3. The third-order valence-corrected chi connectivity index (χ3v) is 2.41. The SMILES string of the molecule is COc1ccc2cc(N([O-])OC)ccc2c1. The van der Waals surface area contributed by atoms with Crippen LogP contribution in [0.25, 0.3) is 10.8 Å². The standard InChI is InChI=1S/C12H12NO3/c1-15-12-6-4-9-7-11(13(14)16-2)5-3-10(9)8-12/h3-8H,1-2H3/q-1. The largest absolute Gasteiger partial charge is 0.733 e. The van der Waals surface area contributed by atoms with Crippen LogP contribution in [-0.2, 0) is 4.84 Å². The summed E-state index contributed by atoms with van der Waals surface area (Å²) in [5.41, 5.74) is 0.472. The highest BCUT2D eigenvalue weighted by atomic mass is 16.9. The number of nitrogens with zero attached hydrogens (tertiary/aromatic N) is 1. The summed E-state index contributed by atoms with van der Waals surface area (Å²) < 4.78 is 5.12. The van der Waals surface area contributed by atoms with Gasteiger partial charge < -0.3 is 15.2 Å². The zero-order chi connectivity index (χ0) is 11.5. The molecule has 0 bridgehead atoms. The quantitative estimate of drug-likeness (QED) is 0.743. The molecule has 0 aliphatic heterocycles. The Balaban J connectivity index is 2.47. The summed E-state index contributed by atoms with van der Waals surface area (Å²) >= 11 is 0. The third-order valence-electron chi connectivity index (χ3n) is 2.41. The molecule has 0 fully saturated rings. The van der Waals surface area contributed by atoms with Gasteiger partial charge in [0.1, 0.15) is 5.75 Å². The van der Waals surface area contributed by atoms with E-state index in [0.29, 0.717) is 10.9 Å². The monoisotopic (exact) mass is 218 g/mol. The minimum absolute atomic E-state index is 0.472. The fourth-order valence-electron chi connectivity index (χ4n) is 1.56. The molecule has 0 amide bonds. The molecule has 0 radical (unpaired) electrons. The first-order valence-electron chi connectivity index (χ1n) is 4.84. The molecule has 0 N–H and O–H groups in total. The van der Waals surface area contributed by atoms with Crippen molar-refractivity contribution in [3.63, 3.8) is 0 Å². The van der Waals surface area contributed by atoms with Crippen molar-refractivity contribution < 1.29 is 9.57 Å². The van der Waals surface area contributed by atoms with E-state index in [1.165, 1.54) is 7.11 Å². The van der Waals surface area contributed by atoms with Gasteiger partial charge in [-0.25, -0.2) is 0 Å². The Morgan fingerprint density at radius 3 is 2.38 bits per heavy atom. The van der Waals surface area contributed by atoms with Gasteiger partial charge in [0.2, 0.25) is 0 Å². The number of fused-ring (bicyclic) bond motifs is 1. The lowest BCUT2D eigenvalue weighted by molar-refractivity contribution is 0.198. The molecule has 2 aromatic carbocycles. The normalized spacial score (nSPS) is 10.4. The molecule has 0 unspecified atom stereocenters. The van der Waals surface area contributed by atoms with Crippen molar-refractivity contribution in [2.24, 2.45) is 0 Å². The summed E-state index contributed by atoms with van der Waals surface area (Å²) in [6, 6.07) is 11.0. The maximum atomic E-state index is 11.2. The Morgan fingerprint density at radius 1 is 1.00 bits per heavy atom. The zero-order valence-electron chi connectivity index (χ0n) is 9.14. The van der Waals surface area contributed by atoms with Gasteiger partial charge >= 0.3 is 0 Å². The van der Waals surface area contributed by atoms with Crippen LogP contribution in [0.4, 0.5) is 5.69 Å². The lowest BCUT2D eigenvalue weighted by Crippen LogP contribution is -2.11. The molecule has 0 aliphatic carbocycles. The molecule has 0 heterocycles. The number of anilines is 1. The van der Waals surface area contributed by atoms with Gasteiger partial charge in [-0.2, -0.15) is 0 Å². The zero-order valence-corrected chi connectivity index (χ0v) is 9.14. The summed E-state index contributed by atoms with van der Waals surface area (Å²) in [6.45, 7) is 0. The van der Waals surface area contributed by atoms with Gasteiger partial charge in [-0.15, -0.1) is 0 Å². The summed E-state index contributed by atoms with van der Waals surface area (Å²) in [5, 5.41) is 13.7. The van der Waals surface area contributed by atoms with E-state index in [0.717, 1.165) is 16.5 Å². The molecule has 0 atom stereocenters. The van der Waals surface area contributed by atoms with E-state index in [2.05, 4.69) is 4.84 Å². The third kappa shape index (κ3) is 1.93. The van der Waals surface area contributed by atoms with Crippen LogP contribution in [0.5, 0.6) is 5.75 Å². The smallest absolute Gasteiger partial charge is 0.119 e. The van der Waals surface area contributed by atoms with E-state index < -0.39 is 0 Å². The van der Waals surface area contributed by atoms with Crippen LogP contribution in [0.3, 0.4) is 0 Å². The van der Waals surface area contributed by atoms with Gasteiger partial charge in [-0.05, 0) is 35.0 Å². The molecule has 0 aromatic heterocycles. The van der Waals surface area contributed by atoms with Crippen LogP contribution >= 0.6 is 0 Å². The summed E-state index contributed by atoms with van der Waals surface area (Å²) in [4.78, 5) is 4.58. The Bertz CT molecular complexity index is 499. The number of hydrogen-bond acceptors (Lipinski definition) is 4. The van der Waals surface area contributed by atoms with Gasteiger partial charge in [-0.3, -0.25) is 4.84 Å². The van der Waals surface area contributed by atoms with E-state index in [1.807, 2.05) is 24.3 Å². The molecule has 16 heavy (non-hydrogen) atoms. The molecule has 2 rings (SSSR count). The lowest BCUT2D eigenvalue weighted by atomic mass is 10.1. The summed E-state index contributed by atoms with van der Waals surface area (Å²) in [6.07, 6.45) is 0. The fraction of sp³-hybridized carbons (Fsp3) is 0.167. The molecule has 0 saturated heterocycles. The fourth-order valence-corrected chi connectivity index (χ4v) is 1.56. The molecule has 2 aromatic rings. The molecule has 0 saturated carbocycles. The lowest BCUT2D eigenvalue weighted by Gasteiger charge is -2.27. The molecule has 4 heteroatoms. The van der Waals surface area contributed by atoms with Crippen molar-refractivity contribution in [3.05, 3.63) is 41.6 Å². The molecule has 0 spiro atoms. The highest BCUT2D eigenvalue weighted by Crippen LogP contribution is 2.25. The van der Waals surface area contributed by atoms with Gasteiger partial charge in [0.15, 0.2) is 0 Å². The first kappa shape index (κ1) is 10.7. The van der Waals surface area contributed by atoms with Crippen molar-refractivity contribution in [3.8, 4) is 5.75 Å². The minimum atomic E-state index is 0.472. The average Bonchev–Trinajstić information content (AvgIpc) is 2.36. The highest BCUT2D eigenvalue weighted by Gasteiger charge is 1.99. The number of methoxy groups -OCH3 is 1. The highest BCUT2D eigenvalue weighted by molar-refractivity contribution is 5.87. The second kappa shape index (κ2) is 4.38. The maximum absolute atomic E-state index is 11.2. The van der Waals surface area contributed by atoms with E-state index in [4.69, 9.17) is 4.74 Å². The Labute approximate surface area is 93.5 Å². The Kier molecular flexibility index (Phi) is 2.94. The Morgan fingerprint density at radius 2 is 1.69 bits per heavy atom. The molecule has 84 valence electrons.